The van der Waals surface area contributed by atoms with Gasteiger partial charge in [-0.05, 0) is 36.1 Å². The van der Waals surface area contributed by atoms with Crippen LogP contribution in [-0.4, -0.2) is 13.1 Å². The summed E-state index contributed by atoms with van der Waals surface area (Å²) in [5.74, 6) is -0.820. The van der Waals surface area contributed by atoms with Gasteiger partial charge in [0.25, 0.3) is 0 Å². The van der Waals surface area contributed by atoms with E-state index in [0.29, 0.717) is 16.0 Å². The standard InChI is InChI=1S/C13H10ClFO2S/c1-7-6-18-12(13(16)17-2)11(7)9-4-3-8(15)5-10(9)14/h3-6H,1-2H3. The minimum Gasteiger partial charge on any atom is -0.465 e. The first kappa shape index (κ1) is 13.1. The molecule has 1 heterocycles. The number of rotatable bonds is 2. The van der Waals surface area contributed by atoms with Crippen LogP contribution in [0.1, 0.15) is 15.2 Å². The van der Waals surface area contributed by atoms with E-state index < -0.39 is 11.8 Å². The predicted octanol–water partition coefficient (Wildman–Crippen LogP) is 4.30. The van der Waals surface area contributed by atoms with Gasteiger partial charge in [0.15, 0.2) is 0 Å². The molecule has 0 N–H and O–H groups in total. The Morgan fingerprint density at radius 3 is 2.78 bits per heavy atom. The SMILES string of the molecule is COC(=O)c1scc(C)c1-c1ccc(F)cc1Cl. The van der Waals surface area contributed by atoms with Crippen molar-refractivity contribution >= 4 is 28.9 Å². The zero-order chi connectivity index (χ0) is 13.3. The summed E-state index contributed by atoms with van der Waals surface area (Å²) in [5.41, 5.74) is 2.25. The Labute approximate surface area is 113 Å². The fourth-order valence-corrected chi connectivity index (χ4v) is 2.96. The van der Waals surface area contributed by atoms with Crippen molar-refractivity contribution < 1.29 is 13.9 Å². The van der Waals surface area contributed by atoms with Gasteiger partial charge in [-0.2, -0.15) is 0 Å². The zero-order valence-electron chi connectivity index (χ0n) is 9.79. The molecule has 0 radical (unpaired) electrons. The molecule has 5 heteroatoms. The van der Waals surface area contributed by atoms with Crippen molar-refractivity contribution in [2.75, 3.05) is 7.11 Å². The molecule has 2 aromatic rings. The molecule has 1 aromatic carbocycles. The minimum absolute atomic E-state index is 0.279. The van der Waals surface area contributed by atoms with Crippen molar-refractivity contribution in [2.24, 2.45) is 0 Å². The number of benzene rings is 1. The summed E-state index contributed by atoms with van der Waals surface area (Å²) in [6.45, 7) is 1.87. The molecule has 0 saturated carbocycles. The molecule has 0 aliphatic rings. The minimum atomic E-state index is -0.413. The largest absolute Gasteiger partial charge is 0.465 e. The molecule has 94 valence electrons. The van der Waals surface area contributed by atoms with E-state index in [2.05, 4.69) is 0 Å². The maximum atomic E-state index is 13.0. The number of carbonyl (C=O) groups excluding carboxylic acids is 1. The smallest absolute Gasteiger partial charge is 0.348 e. The summed E-state index contributed by atoms with van der Waals surface area (Å²) in [6.07, 6.45) is 0. The molecule has 2 rings (SSSR count). The van der Waals surface area contributed by atoms with Crippen LogP contribution in [0.3, 0.4) is 0 Å². The third-order valence-electron chi connectivity index (χ3n) is 2.55. The van der Waals surface area contributed by atoms with Crippen LogP contribution < -0.4 is 0 Å². The van der Waals surface area contributed by atoms with E-state index in [1.807, 2.05) is 12.3 Å². The lowest BCUT2D eigenvalue weighted by molar-refractivity contribution is 0.0607. The highest BCUT2D eigenvalue weighted by molar-refractivity contribution is 7.12. The van der Waals surface area contributed by atoms with Gasteiger partial charge < -0.3 is 4.74 Å². The average Bonchev–Trinajstić information content (AvgIpc) is 2.70. The van der Waals surface area contributed by atoms with Crippen molar-refractivity contribution in [3.63, 3.8) is 0 Å². The van der Waals surface area contributed by atoms with Crippen LogP contribution in [0.25, 0.3) is 11.1 Å². The van der Waals surface area contributed by atoms with Crippen LogP contribution in [-0.2, 0) is 4.74 Å². The molecule has 0 fully saturated rings. The van der Waals surface area contributed by atoms with E-state index in [1.54, 1.807) is 6.07 Å². The summed E-state index contributed by atoms with van der Waals surface area (Å²) in [5, 5.41) is 2.13. The Morgan fingerprint density at radius 2 is 2.17 bits per heavy atom. The number of carbonyl (C=O) groups is 1. The van der Waals surface area contributed by atoms with Gasteiger partial charge in [-0.1, -0.05) is 11.6 Å². The second-order valence-corrected chi connectivity index (χ2v) is 5.03. The third-order valence-corrected chi connectivity index (χ3v) is 3.94. The van der Waals surface area contributed by atoms with Crippen molar-refractivity contribution in [1.82, 2.24) is 0 Å². The van der Waals surface area contributed by atoms with Crippen molar-refractivity contribution in [3.05, 3.63) is 44.9 Å². The highest BCUT2D eigenvalue weighted by Crippen LogP contribution is 2.37. The number of hydrogen-bond donors (Lipinski definition) is 0. The normalized spacial score (nSPS) is 10.4. The van der Waals surface area contributed by atoms with E-state index >= 15 is 0 Å². The molecule has 1 aromatic heterocycles. The lowest BCUT2D eigenvalue weighted by Gasteiger charge is -2.07. The molecule has 0 saturated heterocycles. The molecular formula is C13H10ClFO2S. The van der Waals surface area contributed by atoms with Crippen LogP contribution in [0, 0.1) is 12.7 Å². The highest BCUT2D eigenvalue weighted by atomic mass is 35.5. The Balaban J connectivity index is 2.63. The fraction of sp³-hybridized carbons (Fsp3) is 0.154. The quantitative estimate of drug-likeness (QED) is 0.769. The molecular weight excluding hydrogens is 275 g/mol. The van der Waals surface area contributed by atoms with Crippen molar-refractivity contribution in [2.45, 2.75) is 6.92 Å². The van der Waals surface area contributed by atoms with E-state index in [9.17, 15) is 9.18 Å². The van der Waals surface area contributed by atoms with Crippen molar-refractivity contribution in [1.29, 1.82) is 0 Å². The van der Waals surface area contributed by atoms with E-state index in [0.717, 1.165) is 5.56 Å². The number of ether oxygens (including phenoxy) is 1. The van der Waals surface area contributed by atoms with E-state index in [1.165, 1.54) is 30.6 Å². The fourth-order valence-electron chi connectivity index (χ4n) is 1.71. The van der Waals surface area contributed by atoms with Crippen LogP contribution in [0.15, 0.2) is 23.6 Å². The summed E-state index contributed by atoms with van der Waals surface area (Å²) < 4.78 is 17.8. The number of methoxy groups -OCH3 is 1. The molecule has 0 aliphatic carbocycles. The van der Waals surface area contributed by atoms with Crippen LogP contribution in [0.4, 0.5) is 4.39 Å². The van der Waals surface area contributed by atoms with Gasteiger partial charge in [-0.3, -0.25) is 0 Å². The summed E-state index contributed by atoms with van der Waals surface area (Å²) in [4.78, 5) is 12.1. The second kappa shape index (κ2) is 5.08. The average molecular weight is 285 g/mol. The molecule has 0 unspecified atom stereocenters. The maximum Gasteiger partial charge on any atom is 0.348 e. The molecule has 0 aliphatic heterocycles. The first-order chi connectivity index (χ1) is 8.54. The molecule has 0 spiro atoms. The van der Waals surface area contributed by atoms with Gasteiger partial charge >= 0.3 is 5.97 Å². The molecule has 2 nitrogen and oxygen atoms in total. The van der Waals surface area contributed by atoms with Gasteiger partial charge in [0.2, 0.25) is 0 Å². The van der Waals surface area contributed by atoms with Gasteiger partial charge in [0.1, 0.15) is 10.7 Å². The van der Waals surface area contributed by atoms with E-state index in [-0.39, 0.29) is 5.02 Å². The maximum absolute atomic E-state index is 13.0. The van der Waals surface area contributed by atoms with Gasteiger partial charge in [0, 0.05) is 11.1 Å². The Bertz CT molecular complexity index is 607. The molecule has 0 atom stereocenters. The number of thiophene rings is 1. The number of halogens is 2. The van der Waals surface area contributed by atoms with Gasteiger partial charge in [0.05, 0.1) is 12.1 Å². The highest BCUT2D eigenvalue weighted by Gasteiger charge is 2.19. The zero-order valence-corrected chi connectivity index (χ0v) is 11.4. The molecule has 0 amide bonds. The summed E-state index contributed by atoms with van der Waals surface area (Å²) >= 11 is 7.31. The number of aryl methyl sites for hydroxylation is 1. The topological polar surface area (TPSA) is 26.3 Å². The Morgan fingerprint density at radius 1 is 1.44 bits per heavy atom. The Kier molecular flexibility index (Phi) is 3.68. The lowest BCUT2D eigenvalue weighted by Crippen LogP contribution is -2.00. The first-order valence-corrected chi connectivity index (χ1v) is 6.42. The van der Waals surface area contributed by atoms with Gasteiger partial charge in [-0.15, -0.1) is 11.3 Å². The van der Waals surface area contributed by atoms with Crippen molar-refractivity contribution in [3.8, 4) is 11.1 Å². The number of hydrogen-bond acceptors (Lipinski definition) is 3. The molecule has 18 heavy (non-hydrogen) atoms. The summed E-state index contributed by atoms with van der Waals surface area (Å²) in [6, 6.07) is 4.12. The monoisotopic (exact) mass is 284 g/mol. The van der Waals surface area contributed by atoms with Crippen LogP contribution in [0.2, 0.25) is 5.02 Å². The first-order valence-electron chi connectivity index (χ1n) is 5.16. The Hall–Kier alpha value is -1.39. The predicted molar refractivity (Wildman–Crippen MR) is 70.8 cm³/mol. The lowest BCUT2D eigenvalue weighted by atomic mass is 10.0. The second-order valence-electron chi connectivity index (χ2n) is 3.74. The third kappa shape index (κ3) is 2.26. The molecule has 0 bridgehead atoms. The van der Waals surface area contributed by atoms with Crippen LogP contribution >= 0.6 is 22.9 Å². The van der Waals surface area contributed by atoms with E-state index in [4.69, 9.17) is 16.3 Å². The number of esters is 1. The summed E-state index contributed by atoms with van der Waals surface area (Å²) in [7, 11) is 1.33. The van der Waals surface area contributed by atoms with Gasteiger partial charge in [-0.25, -0.2) is 9.18 Å². The van der Waals surface area contributed by atoms with Crippen LogP contribution in [0.5, 0.6) is 0 Å².